The predicted molar refractivity (Wildman–Crippen MR) is 196 cm³/mol. The van der Waals surface area contributed by atoms with Gasteiger partial charge in [0, 0.05) is 44.4 Å². The molecule has 9 rings (SSSR count). The highest BCUT2D eigenvalue weighted by atomic mass is 15.0. The second-order valence-corrected chi connectivity index (χ2v) is 12.9. The summed E-state index contributed by atoms with van der Waals surface area (Å²) in [6, 6.07) is 40.4. The minimum Gasteiger partial charge on any atom is -0.309 e. The molecule has 2 heterocycles. The minimum atomic E-state index is 1.02. The molecule has 0 unspecified atom stereocenters. The van der Waals surface area contributed by atoms with Gasteiger partial charge in [0.25, 0.3) is 0 Å². The highest BCUT2D eigenvalue weighted by Crippen LogP contribution is 2.43. The molecule has 7 aromatic rings. The van der Waals surface area contributed by atoms with Gasteiger partial charge in [-0.25, -0.2) is 0 Å². The zero-order chi connectivity index (χ0) is 30.8. The van der Waals surface area contributed by atoms with Gasteiger partial charge >= 0.3 is 0 Å². The van der Waals surface area contributed by atoms with Crippen molar-refractivity contribution in [3.63, 3.8) is 0 Å². The van der Waals surface area contributed by atoms with E-state index in [0.29, 0.717) is 0 Å². The van der Waals surface area contributed by atoms with E-state index < -0.39 is 0 Å². The van der Waals surface area contributed by atoms with Gasteiger partial charge in [-0.15, -0.1) is 0 Å². The van der Waals surface area contributed by atoms with Crippen LogP contribution < -0.4 is 0 Å². The van der Waals surface area contributed by atoms with Crippen LogP contribution >= 0.6 is 0 Å². The number of allylic oxidation sites excluding steroid dienone is 5. The van der Waals surface area contributed by atoms with Crippen molar-refractivity contribution in [1.82, 2.24) is 9.13 Å². The molecule has 222 valence electrons. The first-order chi connectivity index (χ1) is 22.7. The number of aryl methyl sites for hydroxylation is 3. The van der Waals surface area contributed by atoms with E-state index in [4.69, 9.17) is 0 Å². The second-order valence-electron chi connectivity index (χ2n) is 12.9. The Labute approximate surface area is 270 Å². The summed E-state index contributed by atoms with van der Waals surface area (Å²) in [7, 11) is 0. The Hall–Kier alpha value is -5.34. The number of rotatable bonds is 4. The first-order valence-corrected chi connectivity index (χ1v) is 16.6. The quantitative estimate of drug-likeness (QED) is 0.192. The maximum Gasteiger partial charge on any atom is 0.0616 e. The van der Waals surface area contributed by atoms with Gasteiger partial charge in [-0.05, 0) is 98.2 Å². The van der Waals surface area contributed by atoms with Crippen LogP contribution in [0.5, 0.6) is 0 Å². The molecule has 0 amide bonds. The van der Waals surface area contributed by atoms with Gasteiger partial charge in [0.05, 0.1) is 16.6 Å². The van der Waals surface area contributed by atoms with Gasteiger partial charge in [-0.2, -0.15) is 0 Å². The molecular weight excluding hydrogens is 556 g/mol. The van der Waals surface area contributed by atoms with Crippen molar-refractivity contribution >= 4 is 49.9 Å². The van der Waals surface area contributed by atoms with Crippen LogP contribution in [0.15, 0.2) is 127 Å². The summed E-state index contributed by atoms with van der Waals surface area (Å²) >= 11 is 0. The maximum atomic E-state index is 2.51. The van der Waals surface area contributed by atoms with Crippen LogP contribution in [0.1, 0.15) is 52.8 Å². The third-order valence-corrected chi connectivity index (χ3v) is 10.0. The minimum absolute atomic E-state index is 1.02. The fraction of sp³-hybridized carbons (Fsp3) is 0.136. The molecule has 2 heteroatoms. The fourth-order valence-corrected chi connectivity index (χ4v) is 7.97. The third-order valence-electron chi connectivity index (χ3n) is 10.0. The van der Waals surface area contributed by atoms with E-state index in [1.54, 1.807) is 0 Å². The molecule has 0 atom stereocenters. The zero-order valence-corrected chi connectivity index (χ0v) is 26.4. The molecular formula is C44H36N2. The van der Waals surface area contributed by atoms with Gasteiger partial charge in [0.15, 0.2) is 0 Å². The number of fused-ring (bicyclic) bond motifs is 6. The van der Waals surface area contributed by atoms with E-state index in [9.17, 15) is 0 Å². The lowest BCUT2D eigenvalue weighted by Gasteiger charge is -2.19. The molecule has 2 aromatic heterocycles. The monoisotopic (exact) mass is 592 g/mol. The fourth-order valence-electron chi connectivity index (χ4n) is 7.97. The Morgan fingerprint density at radius 1 is 0.609 bits per heavy atom. The average molecular weight is 593 g/mol. The smallest absolute Gasteiger partial charge is 0.0616 e. The molecule has 5 aromatic carbocycles. The molecule has 2 aliphatic carbocycles. The van der Waals surface area contributed by atoms with E-state index >= 15 is 0 Å². The standard InChI is InChI=1S/C44H36N2/c1-29-25-26-42-39(27-29)38-22-12-20-35(44(38)46(42)40-23-8-6-13-30(40)2)32-15-10-14-31(28-32)34-19-11-21-37-36-18-7-9-24-41(36)45(43(34)37)33-16-4-3-5-17-33/h3-6,8-9,11-14,16-17,19-28H,7,10,15,18H2,1-2H3. The zero-order valence-electron chi connectivity index (χ0n) is 26.4. The summed E-state index contributed by atoms with van der Waals surface area (Å²) in [5.41, 5.74) is 17.0. The SMILES string of the molecule is Cc1ccc2c(c1)c1cccc(C3=CC(c4cccc5c6c(n(-c7ccccc7)c45)C=CCC6)=CCC3)c1n2-c1ccccc1C. The number of benzene rings is 5. The number of aromatic nitrogens is 2. The summed E-state index contributed by atoms with van der Waals surface area (Å²) in [4.78, 5) is 0. The molecule has 2 nitrogen and oxygen atoms in total. The van der Waals surface area contributed by atoms with Crippen molar-refractivity contribution in [2.24, 2.45) is 0 Å². The number of hydrogen-bond donors (Lipinski definition) is 0. The molecule has 0 bridgehead atoms. The average Bonchev–Trinajstić information content (AvgIpc) is 3.62. The van der Waals surface area contributed by atoms with Crippen molar-refractivity contribution in [3.8, 4) is 11.4 Å². The molecule has 0 saturated carbocycles. The molecule has 0 aliphatic heterocycles. The number of hydrogen-bond acceptors (Lipinski definition) is 0. The molecule has 0 saturated heterocycles. The van der Waals surface area contributed by atoms with E-state index in [1.807, 2.05) is 0 Å². The molecule has 0 N–H and O–H groups in total. The van der Waals surface area contributed by atoms with Gasteiger partial charge in [0.1, 0.15) is 0 Å². The van der Waals surface area contributed by atoms with Crippen LogP contribution in [-0.2, 0) is 6.42 Å². The molecule has 0 spiro atoms. The molecule has 0 fully saturated rings. The topological polar surface area (TPSA) is 9.86 Å². The summed E-state index contributed by atoms with van der Waals surface area (Å²) in [6.45, 7) is 4.42. The lowest BCUT2D eigenvalue weighted by atomic mass is 9.88. The predicted octanol–water partition coefficient (Wildman–Crippen LogP) is 11.6. The lowest BCUT2D eigenvalue weighted by molar-refractivity contribution is 0.967. The molecule has 2 aliphatic rings. The Morgan fingerprint density at radius 2 is 1.39 bits per heavy atom. The number of nitrogens with zero attached hydrogens (tertiary/aromatic N) is 2. The largest absolute Gasteiger partial charge is 0.309 e. The maximum absolute atomic E-state index is 2.51. The Kier molecular flexibility index (Phi) is 6.24. The van der Waals surface area contributed by atoms with Crippen molar-refractivity contribution < 1.29 is 0 Å². The normalized spacial score (nSPS) is 14.6. The van der Waals surface area contributed by atoms with Crippen molar-refractivity contribution in [3.05, 3.63) is 161 Å². The van der Waals surface area contributed by atoms with Gasteiger partial charge in [-0.3, -0.25) is 0 Å². The van der Waals surface area contributed by atoms with E-state index in [2.05, 4.69) is 156 Å². The Balaban J connectivity index is 1.29. The van der Waals surface area contributed by atoms with Crippen LogP contribution in [0, 0.1) is 13.8 Å². The first-order valence-electron chi connectivity index (χ1n) is 16.6. The Morgan fingerprint density at radius 3 is 2.26 bits per heavy atom. The second kappa shape index (κ2) is 10.6. The van der Waals surface area contributed by atoms with Crippen molar-refractivity contribution in [2.45, 2.75) is 39.5 Å². The summed E-state index contributed by atoms with van der Waals surface area (Å²) < 4.78 is 5.01. The van der Waals surface area contributed by atoms with Crippen LogP contribution in [0.2, 0.25) is 0 Å². The van der Waals surface area contributed by atoms with Crippen LogP contribution in [-0.4, -0.2) is 9.13 Å². The van der Waals surface area contributed by atoms with Crippen molar-refractivity contribution in [2.75, 3.05) is 0 Å². The number of para-hydroxylation sites is 4. The first kappa shape index (κ1) is 27.0. The highest BCUT2D eigenvalue weighted by molar-refractivity contribution is 6.13. The molecule has 46 heavy (non-hydrogen) atoms. The molecule has 0 radical (unpaired) electrons. The Bertz CT molecular complexity index is 2420. The van der Waals surface area contributed by atoms with Gasteiger partial charge in [0.2, 0.25) is 0 Å². The van der Waals surface area contributed by atoms with Crippen LogP contribution in [0.25, 0.3) is 61.3 Å². The lowest BCUT2D eigenvalue weighted by Crippen LogP contribution is -2.02. The summed E-state index contributed by atoms with van der Waals surface area (Å²) in [6.07, 6.45) is 13.8. The van der Waals surface area contributed by atoms with Crippen molar-refractivity contribution in [1.29, 1.82) is 0 Å². The van der Waals surface area contributed by atoms with Gasteiger partial charge < -0.3 is 9.13 Å². The summed E-state index contributed by atoms with van der Waals surface area (Å²) in [5.74, 6) is 0. The van der Waals surface area contributed by atoms with Crippen LogP contribution in [0.4, 0.5) is 0 Å². The van der Waals surface area contributed by atoms with Crippen LogP contribution in [0.3, 0.4) is 0 Å². The summed E-state index contributed by atoms with van der Waals surface area (Å²) in [5, 5.41) is 4.01. The van der Waals surface area contributed by atoms with Gasteiger partial charge in [-0.1, -0.05) is 103 Å². The van der Waals surface area contributed by atoms with E-state index in [0.717, 1.165) is 25.7 Å². The highest BCUT2D eigenvalue weighted by Gasteiger charge is 2.24. The van der Waals surface area contributed by atoms with E-state index in [-0.39, 0.29) is 0 Å². The van der Waals surface area contributed by atoms with E-state index in [1.165, 1.54) is 88.7 Å². The third kappa shape index (κ3) is 4.10.